The maximum absolute atomic E-state index is 11.8. The number of hydrogen-bond donors (Lipinski definition) is 1. The number of likely N-dealkylation sites (tertiary alicyclic amines) is 1. The first kappa shape index (κ1) is 18.2. The van der Waals surface area contributed by atoms with E-state index in [0.29, 0.717) is 18.5 Å². The van der Waals surface area contributed by atoms with Crippen molar-refractivity contribution in [2.75, 3.05) is 40.3 Å². The first-order valence-electron chi connectivity index (χ1n) is 8.05. The second-order valence-corrected chi connectivity index (χ2v) is 7.31. The van der Waals surface area contributed by atoms with Crippen molar-refractivity contribution in [2.45, 2.75) is 52.2 Å². The maximum atomic E-state index is 11.8. The highest BCUT2D eigenvalue weighted by molar-refractivity contribution is 5.67. The zero-order valence-corrected chi connectivity index (χ0v) is 14.6. The molecule has 1 heterocycles. The van der Waals surface area contributed by atoms with Crippen molar-refractivity contribution < 1.29 is 9.53 Å². The summed E-state index contributed by atoms with van der Waals surface area (Å²) < 4.78 is 5.34. The van der Waals surface area contributed by atoms with E-state index in [4.69, 9.17) is 4.74 Å². The van der Waals surface area contributed by atoms with Gasteiger partial charge < -0.3 is 19.9 Å². The van der Waals surface area contributed by atoms with Crippen LogP contribution >= 0.6 is 0 Å². The topological polar surface area (TPSA) is 44.8 Å². The fraction of sp³-hybridized carbons (Fsp3) is 0.938. The molecule has 0 aromatic rings. The Kier molecular flexibility index (Phi) is 6.94. The summed E-state index contributed by atoms with van der Waals surface area (Å²) in [5, 5.41) is 3.55. The van der Waals surface area contributed by atoms with Crippen molar-refractivity contribution in [1.29, 1.82) is 0 Å². The molecule has 124 valence electrons. The molecule has 0 aromatic heterocycles. The number of hydrogen-bond acceptors (Lipinski definition) is 4. The van der Waals surface area contributed by atoms with Crippen molar-refractivity contribution in [3.05, 3.63) is 0 Å². The molecule has 1 aliphatic heterocycles. The lowest BCUT2D eigenvalue weighted by Crippen LogP contribution is -2.45. The molecule has 1 fully saturated rings. The zero-order chi connectivity index (χ0) is 16.0. The van der Waals surface area contributed by atoms with Crippen molar-refractivity contribution in [3.63, 3.8) is 0 Å². The number of carbonyl (C=O) groups excluding carboxylic acids is 1. The van der Waals surface area contributed by atoms with Gasteiger partial charge in [-0.2, -0.15) is 0 Å². The van der Waals surface area contributed by atoms with Crippen molar-refractivity contribution in [1.82, 2.24) is 15.1 Å². The minimum atomic E-state index is -0.432. The van der Waals surface area contributed by atoms with Crippen LogP contribution in [0.25, 0.3) is 0 Å². The molecule has 1 saturated heterocycles. The maximum Gasteiger partial charge on any atom is 0.410 e. The van der Waals surface area contributed by atoms with Gasteiger partial charge in [-0.15, -0.1) is 0 Å². The summed E-state index contributed by atoms with van der Waals surface area (Å²) >= 11 is 0. The summed E-state index contributed by atoms with van der Waals surface area (Å²) in [6.07, 6.45) is 2.32. The molecular formula is C16H33N3O2. The van der Waals surface area contributed by atoms with E-state index >= 15 is 0 Å². The van der Waals surface area contributed by atoms with Gasteiger partial charge >= 0.3 is 6.09 Å². The predicted octanol–water partition coefficient (Wildman–Crippen LogP) is 2.17. The minimum Gasteiger partial charge on any atom is -0.444 e. The van der Waals surface area contributed by atoms with Crippen LogP contribution in [0.4, 0.5) is 4.79 Å². The molecular weight excluding hydrogens is 266 g/mol. The average Bonchev–Trinajstić information content (AvgIpc) is 2.36. The van der Waals surface area contributed by atoms with Gasteiger partial charge in [0, 0.05) is 32.7 Å². The lowest BCUT2D eigenvalue weighted by Gasteiger charge is -2.34. The normalized spacial score (nSPS) is 21.9. The van der Waals surface area contributed by atoms with Gasteiger partial charge in [0.05, 0.1) is 0 Å². The molecule has 21 heavy (non-hydrogen) atoms. The molecule has 1 aliphatic rings. The number of rotatable bonds is 5. The Morgan fingerprint density at radius 3 is 2.71 bits per heavy atom. The third-order valence-electron chi connectivity index (χ3n) is 3.99. The van der Waals surface area contributed by atoms with Crippen LogP contribution in [0.2, 0.25) is 0 Å². The summed E-state index contributed by atoms with van der Waals surface area (Å²) in [6.45, 7) is 11.8. The van der Waals surface area contributed by atoms with Crippen molar-refractivity contribution in [3.8, 4) is 0 Å². The molecule has 0 aliphatic carbocycles. The number of carbonyl (C=O) groups is 1. The summed E-state index contributed by atoms with van der Waals surface area (Å²) in [7, 11) is 3.98. The van der Waals surface area contributed by atoms with E-state index < -0.39 is 5.60 Å². The quantitative estimate of drug-likeness (QED) is 0.845. The molecule has 0 saturated carbocycles. The SMILES string of the molecule is CC(NCCN(C)C(=O)OC(C)(C)C)C1CCCN(C)C1. The van der Waals surface area contributed by atoms with Crippen LogP contribution in [0.3, 0.4) is 0 Å². The van der Waals surface area contributed by atoms with Crippen LogP contribution < -0.4 is 5.32 Å². The lowest BCUT2D eigenvalue weighted by atomic mass is 9.92. The largest absolute Gasteiger partial charge is 0.444 e. The Morgan fingerprint density at radius 1 is 1.48 bits per heavy atom. The number of likely N-dealkylation sites (N-methyl/N-ethyl adjacent to an activating group) is 1. The summed E-state index contributed by atoms with van der Waals surface area (Å²) in [5.41, 5.74) is -0.432. The molecule has 0 radical (unpaired) electrons. The number of piperidine rings is 1. The van der Waals surface area contributed by atoms with Crippen LogP contribution in [-0.4, -0.2) is 67.8 Å². The zero-order valence-electron chi connectivity index (χ0n) is 14.6. The van der Waals surface area contributed by atoms with Gasteiger partial charge in [0.15, 0.2) is 0 Å². The molecule has 1 N–H and O–H groups in total. The molecule has 2 unspecified atom stereocenters. The van der Waals surface area contributed by atoms with Gasteiger partial charge in [-0.25, -0.2) is 4.79 Å². The van der Waals surface area contributed by atoms with Gasteiger partial charge in [-0.3, -0.25) is 0 Å². The molecule has 0 bridgehead atoms. The molecule has 0 aromatic carbocycles. The second kappa shape index (κ2) is 7.99. The number of nitrogens with one attached hydrogen (secondary N) is 1. The molecule has 2 atom stereocenters. The van der Waals surface area contributed by atoms with Gasteiger partial charge in [0.2, 0.25) is 0 Å². The Bertz CT molecular complexity index is 328. The highest BCUT2D eigenvalue weighted by atomic mass is 16.6. The van der Waals surface area contributed by atoms with Crippen LogP contribution in [-0.2, 0) is 4.74 Å². The molecule has 5 heteroatoms. The Morgan fingerprint density at radius 2 is 2.14 bits per heavy atom. The van der Waals surface area contributed by atoms with E-state index in [2.05, 4.69) is 24.2 Å². The van der Waals surface area contributed by atoms with E-state index in [9.17, 15) is 4.79 Å². The minimum absolute atomic E-state index is 0.255. The molecule has 1 rings (SSSR count). The van der Waals surface area contributed by atoms with E-state index in [0.717, 1.165) is 13.1 Å². The van der Waals surface area contributed by atoms with Crippen molar-refractivity contribution in [2.24, 2.45) is 5.92 Å². The molecule has 5 nitrogen and oxygen atoms in total. The van der Waals surface area contributed by atoms with Crippen molar-refractivity contribution >= 4 is 6.09 Å². The van der Waals surface area contributed by atoms with Crippen LogP contribution in [0, 0.1) is 5.92 Å². The Labute approximate surface area is 130 Å². The van der Waals surface area contributed by atoms with E-state index in [1.165, 1.54) is 19.4 Å². The second-order valence-electron chi connectivity index (χ2n) is 7.31. The molecule has 0 spiro atoms. The van der Waals surface area contributed by atoms with Gasteiger partial charge in [0.1, 0.15) is 5.60 Å². The highest BCUT2D eigenvalue weighted by Gasteiger charge is 2.23. The van der Waals surface area contributed by atoms with E-state index in [-0.39, 0.29) is 6.09 Å². The van der Waals surface area contributed by atoms with Crippen LogP contribution in [0.15, 0.2) is 0 Å². The Hall–Kier alpha value is -0.810. The fourth-order valence-electron chi connectivity index (χ4n) is 2.67. The third kappa shape index (κ3) is 7.14. The first-order chi connectivity index (χ1) is 9.69. The van der Waals surface area contributed by atoms with Gasteiger partial charge in [0.25, 0.3) is 0 Å². The monoisotopic (exact) mass is 299 g/mol. The summed E-state index contributed by atoms with van der Waals surface area (Å²) in [5.74, 6) is 0.704. The first-order valence-corrected chi connectivity index (χ1v) is 8.05. The smallest absolute Gasteiger partial charge is 0.410 e. The number of ether oxygens (including phenoxy) is 1. The fourth-order valence-corrected chi connectivity index (χ4v) is 2.67. The third-order valence-corrected chi connectivity index (χ3v) is 3.99. The number of amides is 1. The van der Waals surface area contributed by atoms with Gasteiger partial charge in [-0.1, -0.05) is 0 Å². The van der Waals surface area contributed by atoms with E-state index in [1.54, 1.807) is 11.9 Å². The lowest BCUT2D eigenvalue weighted by molar-refractivity contribution is 0.0298. The van der Waals surface area contributed by atoms with Crippen LogP contribution in [0.1, 0.15) is 40.5 Å². The van der Waals surface area contributed by atoms with Crippen LogP contribution in [0.5, 0.6) is 0 Å². The predicted molar refractivity (Wildman–Crippen MR) is 86.5 cm³/mol. The average molecular weight is 299 g/mol. The number of nitrogens with zero attached hydrogens (tertiary/aromatic N) is 2. The summed E-state index contributed by atoms with van der Waals surface area (Å²) in [4.78, 5) is 15.9. The molecule has 1 amide bonds. The van der Waals surface area contributed by atoms with E-state index in [1.807, 2.05) is 20.8 Å². The summed E-state index contributed by atoms with van der Waals surface area (Å²) in [6, 6.07) is 0.486. The standard InChI is InChI=1S/C16H33N3O2/c1-13(14-8-7-10-18(5)12-14)17-9-11-19(6)15(20)21-16(2,3)4/h13-14,17H,7-12H2,1-6H3. The van der Waals surface area contributed by atoms with Gasteiger partial charge in [-0.05, 0) is 60.0 Å². The Balaban J connectivity index is 2.24. The highest BCUT2D eigenvalue weighted by Crippen LogP contribution is 2.18.